The van der Waals surface area contributed by atoms with E-state index >= 15 is 0 Å². The SMILES string of the molecule is C=CC1(C(=O)[O-])CCCCC1.[Na+]. The Balaban J connectivity index is 0.00000121. The molecule has 1 aliphatic rings. The summed E-state index contributed by atoms with van der Waals surface area (Å²) >= 11 is 0. The van der Waals surface area contributed by atoms with Crippen LogP contribution in [0.1, 0.15) is 32.1 Å². The Labute approximate surface area is 95.3 Å². The summed E-state index contributed by atoms with van der Waals surface area (Å²) in [6.07, 6.45) is 6.07. The molecule has 0 unspecified atom stereocenters. The van der Waals surface area contributed by atoms with E-state index < -0.39 is 11.4 Å². The Bertz CT molecular complexity index is 171. The summed E-state index contributed by atoms with van der Waals surface area (Å²) in [6.45, 7) is 3.56. The Morgan fingerprint density at radius 2 is 1.83 bits per heavy atom. The summed E-state index contributed by atoms with van der Waals surface area (Å²) in [6, 6.07) is 0. The van der Waals surface area contributed by atoms with Gasteiger partial charge in [-0.2, -0.15) is 0 Å². The minimum Gasteiger partial charge on any atom is -0.549 e. The zero-order valence-corrected chi connectivity index (χ0v) is 9.64. The van der Waals surface area contributed by atoms with E-state index in [1.54, 1.807) is 6.08 Å². The van der Waals surface area contributed by atoms with Crippen molar-refractivity contribution in [1.29, 1.82) is 0 Å². The topological polar surface area (TPSA) is 40.1 Å². The smallest absolute Gasteiger partial charge is 0.549 e. The van der Waals surface area contributed by atoms with Crippen molar-refractivity contribution >= 4 is 5.97 Å². The Morgan fingerprint density at radius 3 is 2.08 bits per heavy atom. The molecular weight excluding hydrogens is 163 g/mol. The molecule has 0 radical (unpaired) electrons. The predicted octanol–water partition coefficient (Wildman–Crippen LogP) is -2.12. The maximum absolute atomic E-state index is 10.7. The maximum Gasteiger partial charge on any atom is 1.00 e. The molecule has 1 aliphatic carbocycles. The third-order valence-corrected chi connectivity index (χ3v) is 2.54. The first-order valence-corrected chi connectivity index (χ1v) is 4.06. The van der Waals surface area contributed by atoms with Crippen LogP contribution in [0.5, 0.6) is 0 Å². The van der Waals surface area contributed by atoms with Crippen molar-refractivity contribution in [3.8, 4) is 0 Å². The van der Waals surface area contributed by atoms with Gasteiger partial charge in [-0.25, -0.2) is 0 Å². The van der Waals surface area contributed by atoms with Gasteiger partial charge in [-0.05, 0) is 12.8 Å². The number of aliphatic carboxylic acids is 1. The van der Waals surface area contributed by atoms with Crippen LogP contribution in [-0.4, -0.2) is 5.97 Å². The molecule has 0 atom stereocenters. The van der Waals surface area contributed by atoms with E-state index in [1.165, 1.54) is 0 Å². The number of hydrogen-bond acceptors (Lipinski definition) is 2. The number of hydrogen-bond donors (Lipinski definition) is 0. The van der Waals surface area contributed by atoms with Gasteiger partial charge in [0.1, 0.15) is 0 Å². The summed E-state index contributed by atoms with van der Waals surface area (Å²) in [5.41, 5.74) is -0.710. The van der Waals surface area contributed by atoms with Gasteiger partial charge in [-0.3, -0.25) is 0 Å². The van der Waals surface area contributed by atoms with E-state index in [-0.39, 0.29) is 29.6 Å². The van der Waals surface area contributed by atoms with Crippen molar-refractivity contribution in [1.82, 2.24) is 0 Å². The second-order valence-corrected chi connectivity index (χ2v) is 3.21. The molecule has 0 aliphatic heterocycles. The second kappa shape index (κ2) is 5.05. The first-order valence-electron chi connectivity index (χ1n) is 4.06. The fraction of sp³-hybridized carbons (Fsp3) is 0.667. The summed E-state index contributed by atoms with van der Waals surface area (Å²) in [4.78, 5) is 10.7. The predicted molar refractivity (Wildman–Crippen MR) is 40.7 cm³/mol. The number of carbonyl (C=O) groups is 1. The molecular formula is C9H13NaO2. The van der Waals surface area contributed by atoms with Crippen LogP contribution in [0.15, 0.2) is 12.7 Å². The van der Waals surface area contributed by atoms with Crippen LogP contribution >= 0.6 is 0 Å². The quantitative estimate of drug-likeness (QED) is 0.356. The van der Waals surface area contributed by atoms with Gasteiger partial charge < -0.3 is 9.90 Å². The van der Waals surface area contributed by atoms with E-state index in [9.17, 15) is 9.90 Å². The van der Waals surface area contributed by atoms with Crippen molar-refractivity contribution in [3.63, 3.8) is 0 Å². The molecule has 0 aromatic heterocycles. The number of carbonyl (C=O) groups excluding carboxylic acids is 1. The Morgan fingerprint density at radius 1 is 1.33 bits per heavy atom. The largest absolute Gasteiger partial charge is 1.00 e. The van der Waals surface area contributed by atoms with Crippen molar-refractivity contribution in [2.45, 2.75) is 32.1 Å². The molecule has 1 rings (SSSR count). The Kier molecular flexibility index (Phi) is 5.14. The fourth-order valence-corrected chi connectivity index (χ4v) is 1.67. The molecule has 0 amide bonds. The fourth-order valence-electron chi connectivity index (χ4n) is 1.67. The average Bonchev–Trinajstić information content (AvgIpc) is 2.05. The minimum atomic E-state index is -0.952. The van der Waals surface area contributed by atoms with Crippen LogP contribution in [-0.2, 0) is 4.79 Å². The standard InChI is InChI=1S/C9H14O2.Na/c1-2-9(8(10)11)6-4-3-5-7-9;/h2H,1,3-7H2,(H,10,11);/q;+1/p-1. The summed E-state index contributed by atoms with van der Waals surface area (Å²) in [5, 5.41) is 10.7. The zero-order chi connectivity index (χ0) is 8.32. The van der Waals surface area contributed by atoms with Crippen LogP contribution < -0.4 is 34.7 Å². The number of carboxylic acids is 1. The first kappa shape index (κ1) is 12.2. The van der Waals surface area contributed by atoms with Crippen LogP contribution in [0.2, 0.25) is 0 Å². The van der Waals surface area contributed by atoms with E-state index in [0.29, 0.717) is 12.8 Å². The molecule has 62 valence electrons. The third kappa shape index (κ3) is 2.35. The van der Waals surface area contributed by atoms with E-state index in [4.69, 9.17) is 0 Å². The summed E-state index contributed by atoms with van der Waals surface area (Å²) < 4.78 is 0. The van der Waals surface area contributed by atoms with E-state index in [1.807, 2.05) is 0 Å². The minimum absolute atomic E-state index is 0. The molecule has 0 aromatic carbocycles. The first-order chi connectivity index (χ1) is 5.21. The number of rotatable bonds is 2. The van der Waals surface area contributed by atoms with Gasteiger partial charge in [0, 0.05) is 5.41 Å². The van der Waals surface area contributed by atoms with Crippen molar-refractivity contribution in [2.24, 2.45) is 5.41 Å². The summed E-state index contributed by atoms with van der Waals surface area (Å²) in [5.74, 6) is -0.952. The van der Waals surface area contributed by atoms with Gasteiger partial charge >= 0.3 is 29.6 Å². The van der Waals surface area contributed by atoms with E-state index in [0.717, 1.165) is 19.3 Å². The van der Waals surface area contributed by atoms with Gasteiger partial charge in [-0.1, -0.05) is 25.3 Å². The molecule has 12 heavy (non-hydrogen) atoms. The van der Waals surface area contributed by atoms with Crippen molar-refractivity contribution in [2.75, 3.05) is 0 Å². The normalized spacial score (nSPS) is 20.7. The van der Waals surface area contributed by atoms with Gasteiger partial charge in [0.15, 0.2) is 0 Å². The maximum atomic E-state index is 10.7. The van der Waals surface area contributed by atoms with Gasteiger partial charge in [0.2, 0.25) is 0 Å². The van der Waals surface area contributed by atoms with Crippen LogP contribution in [0.3, 0.4) is 0 Å². The zero-order valence-electron chi connectivity index (χ0n) is 7.64. The van der Waals surface area contributed by atoms with Crippen LogP contribution in [0.25, 0.3) is 0 Å². The monoisotopic (exact) mass is 176 g/mol. The van der Waals surface area contributed by atoms with Crippen LogP contribution in [0, 0.1) is 5.41 Å². The van der Waals surface area contributed by atoms with Gasteiger partial charge in [-0.15, -0.1) is 6.58 Å². The molecule has 0 heterocycles. The molecule has 0 spiro atoms. The van der Waals surface area contributed by atoms with Crippen LogP contribution in [0.4, 0.5) is 0 Å². The molecule has 1 fully saturated rings. The third-order valence-electron chi connectivity index (χ3n) is 2.54. The number of carboxylic acid groups (broad SMARTS) is 1. The van der Waals surface area contributed by atoms with Crippen molar-refractivity contribution in [3.05, 3.63) is 12.7 Å². The molecule has 2 nitrogen and oxygen atoms in total. The molecule has 3 heteroatoms. The average molecular weight is 176 g/mol. The molecule has 0 saturated heterocycles. The second-order valence-electron chi connectivity index (χ2n) is 3.21. The molecule has 1 saturated carbocycles. The summed E-state index contributed by atoms with van der Waals surface area (Å²) in [7, 11) is 0. The Hall–Kier alpha value is 0.210. The van der Waals surface area contributed by atoms with Gasteiger partial charge in [0.05, 0.1) is 5.97 Å². The molecule has 0 aromatic rings. The van der Waals surface area contributed by atoms with Crippen molar-refractivity contribution < 1.29 is 39.5 Å². The molecule has 0 N–H and O–H groups in total. The van der Waals surface area contributed by atoms with Gasteiger partial charge in [0.25, 0.3) is 0 Å². The van der Waals surface area contributed by atoms with E-state index in [2.05, 4.69) is 6.58 Å². The molecule has 0 bridgehead atoms.